The molecule has 0 spiro atoms. The smallest absolute Gasteiger partial charge is 0.224 e. The van der Waals surface area contributed by atoms with Crippen molar-refractivity contribution in [3.63, 3.8) is 0 Å². The van der Waals surface area contributed by atoms with Gasteiger partial charge >= 0.3 is 0 Å². The molecule has 2 rings (SSSR count). The van der Waals surface area contributed by atoms with E-state index in [1.165, 1.54) is 0 Å². The highest BCUT2D eigenvalue weighted by Gasteiger charge is 2.15. The van der Waals surface area contributed by atoms with Gasteiger partial charge in [0.05, 0.1) is 6.33 Å². The lowest BCUT2D eigenvalue weighted by molar-refractivity contribution is 0.347. The van der Waals surface area contributed by atoms with Crippen LogP contribution in [0.4, 0.5) is 11.8 Å². The molecule has 0 amide bonds. The van der Waals surface area contributed by atoms with Gasteiger partial charge in [-0.3, -0.25) is 0 Å². The molecule has 0 bridgehead atoms. The van der Waals surface area contributed by atoms with Crippen molar-refractivity contribution in [2.75, 3.05) is 11.5 Å². The van der Waals surface area contributed by atoms with Crippen LogP contribution in [-0.2, 0) is 6.54 Å². The summed E-state index contributed by atoms with van der Waals surface area (Å²) in [6.07, 6.45) is 1.72. The van der Waals surface area contributed by atoms with Gasteiger partial charge in [0.25, 0.3) is 0 Å². The molecule has 6 heteroatoms. The van der Waals surface area contributed by atoms with Gasteiger partial charge in [0, 0.05) is 6.54 Å². The van der Waals surface area contributed by atoms with Crippen LogP contribution in [0.5, 0.6) is 0 Å². The second-order valence-corrected chi connectivity index (χ2v) is 5.07. The molecule has 0 radical (unpaired) electrons. The first-order chi connectivity index (χ1) is 7.37. The van der Waals surface area contributed by atoms with E-state index < -0.39 is 0 Å². The lowest BCUT2D eigenvalue weighted by atomic mass is 9.97. The third-order valence-corrected chi connectivity index (χ3v) is 2.15. The van der Waals surface area contributed by atoms with E-state index in [-0.39, 0.29) is 11.4 Å². The van der Waals surface area contributed by atoms with Gasteiger partial charge in [-0.15, -0.1) is 0 Å². The number of fused-ring (bicyclic) bond motifs is 1. The number of rotatable bonds is 1. The van der Waals surface area contributed by atoms with Gasteiger partial charge in [0.2, 0.25) is 5.95 Å². The summed E-state index contributed by atoms with van der Waals surface area (Å²) in [6.45, 7) is 7.24. The Bertz CT molecular complexity index is 522. The van der Waals surface area contributed by atoms with Crippen LogP contribution in [0.1, 0.15) is 20.8 Å². The highest BCUT2D eigenvalue weighted by atomic mass is 15.2. The Balaban J connectivity index is 2.56. The maximum atomic E-state index is 5.73. The van der Waals surface area contributed by atoms with Crippen LogP contribution in [0.2, 0.25) is 0 Å². The molecule has 0 aliphatic carbocycles. The molecule has 0 saturated carbocycles. The van der Waals surface area contributed by atoms with Crippen molar-refractivity contribution in [2.45, 2.75) is 27.3 Å². The average molecular weight is 220 g/mol. The van der Waals surface area contributed by atoms with Crippen molar-refractivity contribution in [2.24, 2.45) is 5.41 Å². The second-order valence-electron chi connectivity index (χ2n) is 5.07. The topological polar surface area (TPSA) is 95.6 Å². The Kier molecular flexibility index (Phi) is 2.22. The highest BCUT2D eigenvalue weighted by molar-refractivity contribution is 5.82. The quantitative estimate of drug-likeness (QED) is 0.748. The van der Waals surface area contributed by atoms with E-state index >= 15 is 0 Å². The van der Waals surface area contributed by atoms with E-state index in [1.807, 2.05) is 4.57 Å². The maximum absolute atomic E-state index is 5.73. The van der Waals surface area contributed by atoms with E-state index in [1.54, 1.807) is 6.33 Å². The van der Waals surface area contributed by atoms with Gasteiger partial charge in [0.15, 0.2) is 11.5 Å². The lowest BCUT2D eigenvalue weighted by Gasteiger charge is -2.18. The van der Waals surface area contributed by atoms with Gasteiger partial charge in [0.1, 0.15) is 5.52 Å². The second kappa shape index (κ2) is 3.33. The van der Waals surface area contributed by atoms with Crippen LogP contribution >= 0.6 is 0 Å². The fourth-order valence-corrected chi connectivity index (χ4v) is 1.61. The SMILES string of the molecule is CC(C)(C)Cn1cnc2c(N)nc(N)nc21. The van der Waals surface area contributed by atoms with Gasteiger partial charge in [-0.05, 0) is 5.41 Å². The molecule has 0 aliphatic rings. The Morgan fingerprint density at radius 2 is 1.94 bits per heavy atom. The molecule has 0 atom stereocenters. The number of hydrogen-bond donors (Lipinski definition) is 2. The van der Waals surface area contributed by atoms with Crippen LogP contribution in [0.3, 0.4) is 0 Å². The van der Waals surface area contributed by atoms with Crippen molar-refractivity contribution >= 4 is 22.9 Å². The molecule has 2 aromatic rings. The predicted octanol–water partition coefficient (Wildman–Crippen LogP) is 1.04. The average Bonchev–Trinajstić information content (AvgIpc) is 2.46. The highest BCUT2D eigenvalue weighted by Crippen LogP contribution is 2.22. The van der Waals surface area contributed by atoms with Crippen molar-refractivity contribution in [3.05, 3.63) is 6.33 Å². The molecular weight excluding hydrogens is 204 g/mol. The number of nitrogens with two attached hydrogens (primary N) is 2. The molecule has 0 aliphatic heterocycles. The summed E-state index contributed by atoms with van der Waals surface area (Å²) >= 11 is 0. The van der Waals surface area contributed by atoms with Crippen molar-refractivity contribution in [1.82, 2.24) is 19.5 Å². The van der Waals surface area contributed by atoms with Crippen LogP contribution in [0, 0.1) is 5.41 Å². The first kappa shape index (κ1) is 10.7. The van der Waals surface area contributed by atoms with E-state index in [2.05, 4.69) is 35.7 Å². The first-order valence-electron chi connectivity index (χ1n) is 5.11. The number of aromatic nitrogens is 4. The summed E-state index contributed by atoms with van der Waals surface area (Å²) in [7, 11) is 0. The fourth-order valence-electron chi connectivity index (χ4n) is 1.61. The van der Waals surface area contributed by atoms with E-state index in [9.17, 15) is 0 Å². The molecule has 2 heterocycles. The zero-order valence-corrected chi connectivity index (χ0v) is 9.73. The van der Waals surface area contributed by atoms with Gasteiger partial charge in [-0.25, -0.2) is 4.98 Å². The zero-order chi connectivity index (χ0) is 11.9. The Morgan fingerprint density at radius 1 is 1.25 bits per heavy atom. The molecule has 0 aromatic carbocycles. The molecule has 16 heavy (non-hydrogen) atoms. The molecule has 4 N–H and O–H groups in total. The standard InChI is InChI=1S/C10H16N6/c1-10(2,3)4-16-5-13-6-7(11)14-9(12)15-8(6)16/h5H,4H2,1-3H3,(H4,11,12,14,15). The molecule has 0 fully saturated rings. The number of nitrogen functional groups attached to an aromatic ring is 2. The normalized spacial score (nSPS) is 12.2. The predicted molar refractivity (Wildman–Crippen MR) is 63.6 cm³/mol. The first-order valence-corrected chi connectivity index (χ1v) is 5.11. The molecule has 0 saturated heterocycles. The minimum Gasteiger partial charge on any atom is -0.382 e. The number of anilines is 2. The molecule has 86 valence electrons. The molecule has 0 unspecified atom stereocenters. The summed E-state index contributed by atoms with van der Waals surface area (Å²) in [5.41, 5.74) is 12.7. The van der Waals surface area contributed by atoms with Crippen LogP contribution in [-0.4, -0.2) is 19.5 Å². The fraction of sp³-hybridized carbons (Fsp3) is 0.500. The van der Waals surface area contributed by atoms with Crippen molar-refractivity contribution in [3.8, 4) is 0 Å². The summed E-state index contributed by atoms with van der Waals surface area (Å²) in [6, 6.07) is 0. The molecule has 6 nitrogen and oxygen atoms in total. The Labute approximate surface area is 93.7 Å². The Hall–Kier alpha value is -1.85. The van der Waals surface area contributed by atoms with Crippen LogP contribution < -0.4 is 11.5 Å². The minimum absolute atomic E-state index is 0.141. The summed E-state index contributed by atoms with van der Waals surface area (Å²) in [5, 5.41) is 0. The summed E-state index contributed by atoms with van der Waals surface area (Å²) in [4.78, 5) is 12.2. The lowest BCUT2D eigenvalue weighted by Crippen LogP contribution is -2.15. The molecule has 2 aromatic heterocycles. The van der Waals surface area contributed by atoms with Gasteiger partial charge < -0.3 is 16.0 Å². The maximum Gasteiger partial charge on any atom is 0.224 e. The summed E-state index contributed by atoms with van der Waals surface area (Å²) in [5.74, 6) is 0.510. The van der Waals surface area contributed by atoms with Crippen LogP contribution in [0.15, 0.2) is 6.33 Å². The Morgan fingerprint density at radius 3 is 2.56 bits per heavy atom. The van der Waals surface area contributed by atoms with E-state index in [4.69, 9.17) is 11.5 Å². The molecular formula is C10H16N6. The third-order valence-electron chi connectivity index (χ3n) is 2.15. The zero-order valence-electron chi connectivity index (χ0n) is 9.73. The minimum atomic E-state index is 0.141. The summed E-state index contributed by atoms with van der Waals surface area (Å²) < 4.78 is 1.95. The number of imidazole rings is 1. The van der Waals surface area contributed by atoms with E-state index in [0.717, 1.165) is 6.54 Å². The van der Waals surface area contributed by atoms with Crippen LogP contribution in [0.25, 0.3) is 11.2 Å². The monoisotopic (exact) mass is 220 g/mol. The largest absolute Gasteiger partial charge is 0.382 e. The van der Waals surface area contributed by atoms with Crippen molar-refractivity contribution in [1.29, 1.82) is 0 Å². The third kappa shape index (κ3) is 1.91. The number of nitrogens with zero attached hydrogens (tertiary/aromatic N) is 4. The van der Waals surface area contributed by atoms with Crippen molar-refractivity contribution < 1.29 is 0 Å². The van der Waals surface area contributed by atoms with E-state index in [0.29, 0.717) is 17.0 Å². The van der Waals surface area contributed by atoms with Gasteiger partial charge in [-0.2, -0.15) is 9.97 Å². The number of hydrogen-bond acceptors (Lipinski definition) is 5. The van der Waals surface area contributed by atoms with Gasteiger partial charge in [-0.1, -0.05) is 20.8 Å².